The van der Waals surface area contributed by atoms with Gasteiger partial charge in [-0.15, -0.1) is 0 Å². The molecule has 2 nitrogen and oxygen atoms in total. The van der Waals surface area contributed by atoms with E-state index in [4.69, 9.17) is 0 Å². The summed E-state index contributed by atoms with van der Waals surface area (Å²) in [7, 11) is 0. The molecule has 0 aliphatic heterocycles. The van der Waals surface area contributed by atoms with Gasteiger partial charge in [0.05, 0.1) is 11.7 Å². The van der Waals surface area contributed by atoms with Gasteiger partial charge in [0.25, 0.3) is 0 Å². The van der Waals surface area contributed by atoms with Crippen LogP contribution in [0.3, 0.4) is 0 Å². The fourth-order valence-corrected chi connectivity index (χ4v) is 9.28. The predicted molar refractivity (Wildman–Crippen MR) is 130 cm³/mol. The molecule has 0 heterocycles. The van der Waals surface area contributed by atoms with Crippen molar-refractivity contribution in [2.24, 2.45) is 52.3 Å². The molecule has 0 aromatic carbocycles. The maximum absolute atomic E-state index is 11.5. The van der Waals surface area contributed by atoms with Gasteiger partial charge in [-0.25, -0.2) is 0 Å². The zero-order valence-corrected chi connectivity index (χ0v) is 21.2. The van der Waals surface area contributed by atoms with E-state index in [1.807, 2.05) is 0 Å². The Labute approximate surface area is 192 Å². The molecule has 0 aromatic rings. The SMILES string of the molecule is CCC(CCC(C)[C@H]1CC[C@H]2[C@@H]3C=CC4(O)CC(O)CC[C@]4(C)[C@H]3CC[C@]12C)C(C)C. The lowest BCUT2D eigenvalue weighted by molar-refractivity contribution is -0.167. The highest BCUT2D eigenvalue weighted by Gasteiger charge is 2.63. The van der Waals surface area contributed by atoms with Crippen LogP contribution in [0.15, 0.2) is 12.2 Å². The van der Waals surface area contributed by atoms with E-state index in [1.54, 1.807) is 0 Å². The van der Waals surface area contributed by atoms with Gasteiger partial charge in [-0.1, -0.05) is 66.5 Å². The van der Waals surface area contributed by atoms with E-state index >= 15 is 0 Å². The van der Waals surface area contributed by atoms with Gasteiger partial charge < -0.3 is 10.2 Å². The molecular formula is C29H50O2. The van der Waals surface area contributed by atoms with Crippen LogP contribution < -0.4 is 0 Å². The van der Waals surface area contributed by atoms with Crippen LogP contribution in [0.1, 0.15) is 106 Å². The first-order chi connectivity index (χ1) is 14.6. The van der Waals surface area contributed by atoms with Crippen molar-refractivity contribution >= 4 is 0 Å². The molecule has 0 radical (unpaired) electrons. The van der Waals surface area contributed by atoms with Crippen LogP contribution in [0.4, 0.5) is 0 Å². The summed E-state index contributed by atoms with van der Waals surface area (Å²) in [4.78, 5) is 0. The van der Waals surface area contributed by atoms with Gasteiger partial charge in [0, 0.05) is 11.8 Å². The first-order valence-electron chi connectivity index (χ1n) is 13.7. The van der Waals surface area contributed by atoms with E-state index in [0.29, 0.717) is 23.7 Å². The lowest BCUT2D eigenvalue weighted by atomic mass is 9.45. The summed E-state index contributed by atoms with van der Waals surface area (Å²) in [5.74, 6) is 5.34. The fourth-order valence-electron chi connectivity index (χ4n) is 9.28. The molecule has 0 amide bonds. The Bertz CT molecular complexity index is 670. The number of hydrogen-bond donors (Lipinski definition) is 2. The van der Waals surface area contributed by atoms with Crippen LogP contribution in [0.25, 0.3) is 0 Å². The molecule has 0 saturated heterocycles. The highest BCUT2D eigenvalue weighted by molar-refractivity contribution is 5.24. The third kappa shape index (κ3) is 3.76. The normalized spacial score (nSPS) is 48.7. The van der Waals surface area contributed by atoms with Gasteiger partial charge in [-0.2, -0.15) is 0 Å². The maximum atomic E-state index is 11.5. The highest BCUT2D eigenvalue weighted by Crippen LogP contribution is 2.67. The molecule has 0 aromatic heterocycles. The maximum Gasteiger partial charge on any atom is 0.0908 e. The Hall–Kier alpha value is -0.340. The first kappa shape index (κ1) is 23.8. The predicted octanol–water partition coefficient (Wildman–Crippen LogP) is 7.00. The summed E-state index contributed by atoms with van der Waals surface area (Å²) in [5, 5.41) is 21.8. The van der Waals surface area contributed by atoms with Crippen molar-refractivity contribution in [3.05, 3.63) is 12.2 Å². The Morgan fingerprint density at radius 2 is 1.71 bits per heavy atom. The Morgan fingerprint density at radius 3 is 2.39 bits per heavy atom. The molecule has 10 atom stereocenters. The number of hydrogen-bond acceptors (Lipinski definition) is 2. The molecule has 4 unspecified atom stereocenters. The van der Waals surface area contributed by atoms with E-state index in [9.17, 15) is 10.2 Å². The average molecular weight is 431 g/mol. The first-order valence-corrected chi connectivity index (χ1v) is 13.7. The summed E-state index contributed by atoms with van der Waals surface area (Å²) < 4.78 is 0. The number of allylic oxidation sites excluding steroid dienone is 1. The zero-order valence-electron chi connectivity index (χ0n) is 21.2. The smallest absolute Gasteiger partial charge is 0.0908 e. The van der Waals surface area contributed by atoms with Crippen molar-refractivity contribution in [1.82, 2.24) is 0 Å². The quantitative estimate of drug-likeness (QED) is 0.446. The van der Waals surface area contributed by atoms with Crippen LogP contribution in [-0.2, 0) is 0 Å². The average Bonchev–Trinajstić information content (AvgIpc) is 3.06. The topological polar surface area (TPSA) is 40.5 Å². The minimum atomic E-state index is -0.809. The van der Waals surface area contributed by atoms with E-state index in [-0.39, 0.29) is 11.5 Å². The van der Waals surface area contributed by atoms with E-state index in [1.165, 1.54) is 44.9 Å². The van der Waals surface area contributed by atoms with Crippen molar-refractivity contribution in [3.8, 4) is 0 Å². The standard InChI is InChI=1S/C29H50O2/c1-7-21(19(2)3)9-8-20(4)24-10-11-25-23-13-17-29(31)18-22(30)12-16-28(29,6)26(23)14-15-27(24,25)5/h13,17,19-26,30-31H,7-12,14-16,18H2,1-6H3/t20?,21?,22?,23-,24+,25-,26-,27+,28+,29?/m0/s1. The van der Waals surface area contributed by atoms with Crippen molar-refractivity contribution in [1.29, 1.82) is 0 Å². The minimum absolute atomic E-state index is 0.0672. The fraction of sp³-hybridized carbons (Fsp3) is 0.931. The van der Waals surface area contributed by atoms with Crippen molar-refractivity contribution in [2.75, 3.05) is 0 Å². The van der Waals surface area contributed by atoms with Crippen molar-refractivity contribution < 1.29 is 10.2 Å². The van der Waals surface area contributed by atoms with Crippen LogP contribution in [-0.4, -0.2) is 21.9 Å². The number of aliphatic hydroxyl groups is 2. The largest absolute Gasteiger partial charge is 0.393 e. The van der Waals surface area contributed by atoms with Gasteiger partial charge in [0.1, 0.15) is 0 Å². The molecule has 178 valence electrons. The van der Waals surface area contributed by atoms with Gasteiger partial charge >= 0.3 is 0 Å². The lowest BCUT2D eigenvalue weighted by Crippen LogP contribution is -2.60. The lowest BCUT2D eigenvalue weighted by Gasteiger charge is -2.61. The third-order valence-electron chi connectivity index (χ3n) is 11.5. The Morgan fingerprint density at radius 1 is 0.968 bits per heavy atom. The summed E-state index contributed by atoms with van der Waals surface area (Å²) in [5.41, 5.74) is -0.413. The third-order valence-corrected chi connectivity index (χ3v) is 11.5. The molecule has 31 heavy (non-hydrogen) atoms. The molecule has 4 aliphatic rings. The van der Waals surface area contributed by atoms with E-state index in [0.717, 1.165) is 42.4 Å². The van der Waals surface area contributed by atoms with E-state index in [2.05, 4.69) is 53.7 Å². The molecule has 4 aliphatic carbocycles. The van der Waals surface area contributed by atoms with Crippen LogP contribution in [0.5, 0.6) is 0 Å². The van der Waals surface area contributed by atoms with Gasteiger partial charge in [0.15, 0.2) is 0 Å². The van der Waals surface area contributed by atoms with Crippen molar-refractivity contribution in [2.45, 2.75) is 117 Å². The van der Waals surface area contributed by atoms with E-state index < -0.39 is 5.60 Å². The monoisotopic (exact) mass is 430 g/mol. The van der Waals surface area contributed by atoms with Gasteiger partial charge in [-0.3, -0.25) is 0 Å². The summed E-state index contributed by atoms with van der Waals surface area (Å²) in [6.45, 7) is 14.7. The van der Waals surface area contributed by atoms with Crippen LogP contribution in [0.2, 0.25) is 0 Å². The number of fused-ring (bicyclic) bond motifs is 5. The second-order valence-electron chi connectivity index (χ2n) is 13.1. The van der Waals surface area contributed by atoms with Gasteiger partial charge in [0.2, 0.25) is 0 Å². The molecule has 0 bridgehead atoms. The second-order valence-corrected chi connectivity index (χ2v) is 13.1. The molecule has 2 N–H and O–H groups in total. The molecule has 3 fully saturated rings. The summed E-state index contributed by atoms with van der Waals surface area (Å²) >= 11 is 0. The molecule has 4 rings (SSSR count). The van der Waals surface area contributed by atoms with Crippen molar-refractivity contribution in [3.63, 3.8) is 0 Å². The second kappa shape index (κ2) is 8.46. The zero-order chi connectivity index (χ0) is 22.6. The number of aliphatic hydroxyl groups excluding tert-OH is 1. The Kier molecular flexibility index (Phi) is 6.50. The minimum Gasteiger partial charge on any atom is -0.393 e. The summed E-state index contributed by atoms with van der Waals surface area (Å²) in [6, 6.07) is 0. The Balaban J connectivity index is 1.51. The molecule has 2 heteroatoms. The van der Waals surface area contributed by atoms with Crippen LogP contribution in [0, 0.1) is 52.3 Å². The molecule has 3 saturated carbocycles. The summed E-state index contributed by atoms with van der Waals surface area (Å²) in [6.07, 6.45) is 16.0. The number of rotatable bonds is 6. The molecular weight excluding hydrogens is 380 g/mol. The van der Waals surface area contributed by atoms with Gasteiger partial charge in [-0.05, 0) is 91.8 Å². The highest BCUT2D eigenvalue weighted by atomic mass is 16.3. The van der Waals surface area contributed by atoms with Crippen LogP contribution >= 0.6 is 0 Å². The molecule has 0 spiro atoms.